The normalized spacial score (nSPS) is 17.5. The number of nitrogens with one attached hydrogen (secondary N) is 1. The monoisotopic (exact) mass is 457 g/mol. The number of nitrogens with zero attached hydrogens (tertiary/aromatic N) is 2. The second kappa shape index (κ2) is 7.25. The number of rotatable bonds is 3. The average molecular weight is 458 g/mol. The molecule has 2 aliphatic heterocycles. The molecule has 3 heterocycles. The van der Waals surface area contributed by atoms with Crippen molar-refractivity contribution in [2.45, 2.75) is 6.92 Å². The quantitative estimate of drug-likeness (QED) is 0.416. The summed E-state index contributed by atoms with van der Waals surface area (Å²) in [6.07, 6.45) is 4.75. The standard InChI is InChI=1S/C19H12BrN3O4S/c1-10-9-23-16(21)12(17(24)22-19(23)28-10)7-11-4-5-14(13(20)8-11)27-18(25)15-3-2-6-26-15/h2-9,21H,1H3/b12-7-,21-16?. The number of allylic oxidation sites excluding steroid dienone is 1. The van der Waals surface area contributed by atoms with E-state index in [1.807, 2.05) is 6.92 Å². The molecule has 9 heteroatoms. The number of aliphatic imine (C=N–C) groups is 1. The number of hydrogen-bond donors (Lipinski definition) is 1. The lowest BCUT2D eigenvalue weighted by atomic mass is 10.1. The molecule has 0 saturated heterocycles. The van der Waals surface area contributed by atoms with Gasteiger partial charge in [-0.3, -0.25) is 15.1 Å². The van der Waals surface area contributed by atoms with Gasteiger partial charge in [0.2, 0.25) is 5.76 Å². The summed E-state index contributed by atoms with van der Waals surface area (Å²) in [6, 6.07) is 8.08. The fourth-order valence-corrected chi connectivity index (χ4v) is 3.90. The third-order valence-corrected chi connectivity index (χ3v) is 5.40. The van der Waals surface area contributed by atoms with Gasteiger partial charge in [-0.15, -0.1) is 0 Å². The van der Waals surface area contributed by atoms with Crippen molar-refractivity contribution in [3.8, 4) is 5.75 Å². The van der Waals surface area contributed by atoms with E-state index in [-0.39, 0.29) is 17.2 Å². The molecule has 2 aromatic rings. The molecule has 0 saturated carbocycles. The van der Waals surface area contributed by atoms with E-state index in [2.05, 4.69) is 20.9 Å². The van der Waals surface area contributed by atoms with Gasteiger partial charge in [-0.25, -0.2) is 4.79 Å². The Morgan fingerprint density at radius 2 is 2.21 bits per heavy atom. The maximum Gasteiger partial charge on any atom is 0.379 e. The van der Waals surface area contributed by atoms with Crippen LogP contribution in [0.15, 0.2) is 67.2 Å². The third-order valence-electron chi connectivity index (χ3n) is 3.88. The highest BCUT2D eigenvalue weighted by Crippen LogP contribution is 2.33. The first-order valence-electron chi connectivity index (χ1n) is 8.07. The largest absolute Gasteiger partial charge is 0.457 e. The molecule has 28 heavy (non-hydrogen) atoms. The van der Waals surface area contributed by atoms with Crippen molar-refractivity contribution >= 4 is 56.6 Å². The van der Waals surface area contributed by atoms with E-state index in [4.69, 9.17) is 14.6 Å². The van der Waals surface area contributed by atoms with E-state index in [0.717, 1.165) is 4.91 Å². The van der Waals surface area contributed by atoms with E-state index in [1.54, 1.807) is 41.4 Å². The second-order valence-electron chi connectivity index (χ2n) is 5.87. The van der Waals surface area contributed by atoms with Crippen LogP contribution >= 0.6 is 27.7 Å². The lowest BCUT2D eigenvalue weighted by Gasteiger charge is -2.22. The van der Waals surface area contributed by atoms with Gasteiger partial charge >= 0.3 is 5.97 Å². The number of carbonyl (C=O) groups is 2. The number of benzene rings is 1. The van der Waals surface area contributed by atoms with Gasteiger partial charge < -0.3 is 9.15 Å². The SMILES string of the molecule is CC1=CN2C(=N)/C(=C/c3ccc(OC(=O)c4ccco4)c(Br)c3)C(=O)N=C2S1. The number of fused-ring (bicyclic) bond motifs is 1. The summed E-state index contributed by atoms with van der Waals surface area (Å²) in [6.45, 7) is 1.90. The Bertz CT molecular complexity index is 1100. The van der Waals surface area contributed by atoms with Crippen molar-refractivity contribution in [1.29, 1.82) is 5.41 Å². The number of amidine groups is 2. The molecular weight excluding hydrogens is 446 g/mol. The van der Waals surface area contributed by atoms with Gasteiger partial charge in [0, 0.05) is 11.1 Å². The summed E-state index contributed by atoms with van der Waals surface area (Å²) in [5.41, 5.74) is 0.839. The van der Waals surface area contributed by atoms with Crippen LogP contribution in [0.25, 0.3) is 6.08 Å². The molecule has 0 atom stereocenters. The molecule has 0 unspecified atom stereocenters. The van der Waals surface area contributed by atoms with Crippen LogP contribution in [0.3, 0.4) is 0 Å². The molecule has 1 aromatic heterocycles. The Morgan fingerprint density at radius 3 is 2.93 bits per heavy atom. The Balaban J connectivity index is 1.59. The smallest absolute Gasteiger partial charge is 0.379 e. The van der Waals surface area contributed by atoms with E-state index >= 15 is 0 Å². The van der Waals surface area contributed by atoms with E-state index in [9.17, 15) is 9.59 Å². The van der Waals surface area contributed by atoms with Gasteiger partial charge in [0.25, 0.3) is 5.91 Å². The van der Waals surface area contributed by atoms with Crippen molar-refractivity contribution in [3.63, 3.8) is 0 Å². The Morgan fingerprint density at radius 1 is 1.39 bits per heavy atom. The molecule has 0 radical (unpaired) electrons. The molecule has 0 bridgehead atoms. The molecule has 4 rings (SSSR count). The summed E-state index contributed by atoms with van der Waals surface area (Å²) in [4.78, 5) is 30.9. The first-order chi connectivity index (χ1) is 13.4. The van der Waals surface area contributed by atoms with Crippen LogP contribution in [0, 0.1) is 5.41 Å². The molecule has 7 nitrogen and oxygen atoms in total. The summed E-state index contributed by atoms with van der Waals surface area (Å²) in [7, 11) is 0. The number of furan rings is 1. The molecular formula is C19H12BrN3O4S. The van der Waals surface area contributed by atoms with E-state index in [0.29, 0.717) is 21.0 Å². The fourth-order valence-electron chi connectivity index (χ4n) is 2.60. The highest BCUT2D eigenvalue weighted by Gasteiger charge is 2.32. The zero-order valence-corrected chi connectivity index (χ0v) is 16.8. The number of thioether (sulfide) groups is 1. The summed E-state index contributed by atoms with van der Waals surface area (Å²) < 4.78 is 10.8. The number of amides is 1. The van der Waals surface area contributed by atoms with Gasteiger partial charge in [0.15, 0.2) is 5.17 Å². The number of halogens is 1. The zero-order chi connectivity index (χ0) is 19.8. The average Bonchev–Trinajstić information content (AvgIpc) is 3.30. The van der Waals surface area contributed by atoms with Crippen LogP contribution in [0.5, 0.6) is 5.75 Å². The highest BCUT2D eigenvalue weighted by atomic mass is 79.9. The minimum atomic E-state index is -0.614. The van der Waals surface area contributed by atoms with Crippen molar-refractivity contribution in [1.82, 2.24) is 4.90 Å². The molecule has 0 spiro atoms. The van der Waals surface area contributed by atoms with Gasteiger partial charge in [-0.1, -0.05) is 17.8 Å². The molecule has 140 valence electrons. The lowest BCUT2D eigenvalue weighted by Crippen LogP contribution is -2.35. The van der Waals surface area contributed by atoms with Crippen molar-refractivity contribution in [2.24, 2.45) is 4.99 Å². The predicted octanol–water partition coefficient (Wildman–Crippen LogP) is 4.43. The number of esters is 1. The molecule has 0 fully saturated rings. The van der Waals surface area contributed by atoms with E-state index in [1.165, 1.54) is 24.1 Å². The fraction of sp³-hybridized carbons (Fsp3) is 0.0526. The summed E-state index contributed by atoms with van der Waals surface area (Å²) in [5.74, 6) is -0.597. The summed E-state index contributed by atoms with van der Waals surface area (Å²) in [5, 5.41) is 8.81. The van der Waals surface area contributed by atoms with Gasteiger partial charge in [0.1, 0.15) is 11.6 Å². The Kier molecular flexibility index (Phi) is 4.78. The summed E-state index contributed by atoms with van der Waals surface area (Å²) >= 11 is 4.72. The predicted molar refractivity (Wildman–Crippen MR) is 109 cm³/mol. The zero-order valence-electron chi connectivity index (χ0n) is 14.4. The highest BCUT2D eigenvalue weighted by molar-refractivity contribution is 9.10. The Hall–Kier alpha value is -2.91. The molecule has 2 aliphatic rings. The minimum absolute atomic E-state index is 0.0730. The second-order valence-corrected chi connectivity index (χ2v) is 7.94. The Labute approximate surface area is 172 Å². The molecule has 1 amide bonds. The lowest BCUT2D eigenvalue weighted by molar-refractivity contribution is -0.114. The van der Waals surface area contributed by atoms with Crippen LogP contribution in [0.2, 0.25) is 0 Å². The maximum atomic E-state index is 12.3. The molecule has 1 aromatic carbocycles. The van der Waals surface area contributed by atoms with Gasteiger partial charge in [-0.05, 0) is 58.8 Å². The first kappa shape index (κ1) is 18.5. The van der Waals surface area contributed by atoms with Crippen molar-refractivity contribution in [3.05, 3.63) is 69.1 Å². The van der Waals surface area contributed by atoms with Gasteiger partial charge in [-0.2, -0.15) is 4.99 Å². The van der Waals surface area contributed by atoms with Gasteiger partial charge in [0.05, 0.1) is 16.3 Å². The van der Waals surface area contributed by atoms with Crippen LogP contribution in [-0.4, -0.2) is 27.8 Å². The van der Waals surface area contributed by atoms with Crippen molar-refractivity contribution in [2.75, 3.05) is 0 Å². The maximum absolute atomic E-state index is 12.3. The molecule has 0 aliphatic carbocycles. The number of ether oxygens (including phenoxy) is 1. The first-order valence-corrected chi connectivity index (χ1v) is 9.68. The number of carbonyl (C=O) groups excluding carboxylic acids is 2. The van der Waals surface area contributed by atoms with Crippen LogP contribution < -0.4 is 4.74 Å². The molecule has 1 N–H and O–H groups in total. The van der Waals surface area contributed by atoms with Crippen LogP contribution in [0.4, 0.5) is 0 Å². The number of hydrogen-bond acceptors (Lipinski definition) is 6. The van der Waals surface area contributed by atoms with E-state index < -0.39 is 11.9 Å². The third kappa shape index (κ3) is 3.46. The topological polar surface area (TPSA) is 96.0 Å². The van der Waals surface area contributed by atoms with Crippen molar-refractivity contribution < 1.29 is 18.7 Å². The van der Waals surface area contributed by atoms with Crippen LogP contribution in [-0.2, 0) is 4.79 Å². The minimum Gasteiger partial charge on any atom is -0.457 e. The van der Waals surface area contributed by atoms with Crippen LogP contribution in [0.1, 0.15) is 23.0 Å².